The van der Waals surface area contributed by atoms with Crippen LogP contribution in [-0.2, 0) is 32.7 Å². The van der Waals surface area contributed by atoms with Crippen molar-refractivity contribution in [1.82, 2.24) is 0 Å². The lowest BCUT2D eigenvalue weighted by atomic mass is 10.0. The summed E-state index contributed by atoms with van der Waals surface area (Å²) in [7, 11) is 1.19. The molecule has 352 valence electrons. The van der Waals surface area contributed by atoms with Gasteiger partial charge in [-0.2, -0.15) is 0 Å². The summed E-state index contributed by atoms with van der Waals surface area (Å²) < 4.78 is 34.0. The van der Waals surface area contributed by atoms with Crippen molar-refractivity contribution in [3.63, 3.8) is 0 Å². The first-order chi connectivity index (χ1) is 28.5. The van der Waals surface area contributed by atoms with Gasteiger partial charge in [0.15, 0.2) is 6.10 Å². The molecular weight excluding hydrogens is 762 g/mol. The highest BCUT2D eigenvalue weighted by atomic mass is 31.2. The Morgan fingerprint density at radius 2 is 0.763 bits per heavy atom. The highest BCUT2D eigenvalue weighted by molar-refractivity contribution is 7.45. The molecular formula is C49H98NO8P. The quantitative estimate of drug-likeness (QED) is 0.0257. The number of hydrogen-bond acceptors (Lipinski definition) is 8. The number of rotatable bonds is 47. The summed E-state index contributed by atoms with van der Waals surface area (Å²) in [6.07, 6.45) is 44.1. The smallest absolute Gasteiger partial charge is 0.306 e. The third-order valence-electron chi connectivity index (χ3n) is 11.4. The topological polar surface area (TPSA) is 111 Å². The molecule has 0 heterocycles. The molecule has 0 bridgehead atoms. The van der Waals surface area contributed by atoms with Crippen LogP contribution in [0.25, 0.3) is 0 Å². The number of quaternary nitrogens is 1. The summed E-state index contributed by atoms with van der Waals surface area (Å²) in [6, 6.07) is 0. The first-order valence-electron chi connectivity index (χ1n) is 25.2. The standard InChI is InChI=1S/C49H98NO8P/c1-6-8-10-12-14-16-18-20-22-24-26-28-30-32-34-36-38-40-42-49(52)58-47(46-57-59(53,54)56-44-43-50(3,4)5)45-55-48(51)41-39-37-35-33-31-29-27-25-23-21-19-17-15-13-11-9-7-2/h47H,6-46H2,1-5H3/t47-/m1/s1. The Balaban J connectivity index is 4.22. The fourth-order valence-electron chi connectivity index (χ4n) is 7.42. The van der Waals surface area contributed by atoms with Gasteiger partial charge in [0.2, 0.25) is 0 Å². The highest BCUT2D eigenvalue weighted by Crippen LogP contribution is 2.38. The second-order valence-electron chi connectivity index (χ2n) is 18.6. The predicted molar refractivity (Wildman–Crippen MR) is 245 cm³/mol. The molecule has 0 spiro atoms. The minimum absolute atomic E-state index is 0.0254. The predicted octanol–water partition coefficient (Wildman–Crippen LogP) is 14.1. The van der Waals surface area contributed by atoms with Crippen molar-refractivity contribution < 1.29 is 42.1 Å². The van der Waals surface area contributed by atoms with Gasteiger partial charge in [-0.15, -0.1) is 0 Å². The van der Waals surface area contributed by atoms with Gasteiger partial charge >= 0.3 is 11.9 Å². The summed E-state index contributed by atoms with van der Waals surface area (Å²) >= 11 is 0. The Kier molecular flexibility index (Phi) is 41.6. The van der Waals surface area contributed by atoms with Crippen molar-refractivity contribution in [2.24, 2.45) is 0 Å². The molecule has 9 nitrogen and oxygen atoms in total. The van der Waals surface area contributed by atoms with Gasteiger partial charge in [-0.1, -0.05) is 226 Å². The van der Waals surface area contributed by atoms with E-state index in [0.29, 0.717) is 17.4 Å². The van der Waals surface area contributed by atoms with Crippen LogP contribution in [0.5, 0.6) is 0 Å². The Morgan fingerprint density at radius 1 is 0.458 bits per heavy atom. The van der Waals surface area contributed by atoms with E-state index >= 15 is 0 Å². The Bertz CT molecular complexity index is 974. The first-order valence-corrected chi connectivity index (χ1v) is 26.7. The molecule has 0 fully saturated rings. The second kappa shape index (κ2) is 42.3. The zero-order valence-corrected chi connectivity index (χ0v) is 40.6. The first kappa shape index (κ1) is 58.0. The number of carbonyl (C=O) groups excluding carboxylic acids is 2. The molecule has 0 saturated heterocycles. The molecule has 10 heteroatoms. The van der Waals surface area contributed by atoms with Crippen LogP contribution in [0.3, 0.4) is 0 Å². The number of likely N-dealkylation sites (N-methyl/N-ethyl adjacent to an activating group) is 1. The van der Waals surface area contributed by atoms with Crippen LogP contribution in [0.1, 0.15) is 251 Å². The average Bonchev–Trinajstić information content (AvgIpc) is 3.19. The molecule has 0 aliphatic carbocycles. The minimum atomic E-state index is -4.62. The van der Waals surface area contributed by atoms with E-state index in [-0.39, 0.29) is 32.0 Å². The fourth-order valence-corrected chi connectivity index (χ4v) is 8.15. The van der Waals surface area contributed by atoms with Crippen molar-refractivity contribution in [1.29, 1.82) is 0 Å². The van der Waals surface area contributed by atoms with Gasteiger partial charge in [0.05, 0.1) is 27.7 Å². The molecule has 59 heavy (non-hydrogen) atoms. The van der Waals surface area contributed by atoms with E-state index in [1.54, 1.807) is 0 Å². The minimum Gasteiger partial charge on any atom is -0.756 e. The summed E-state index contributed by atoms with van der Waals surface area (Å²) in [5, 5.41) is 0. The van der Waals surface area contributed by atoms with Gasteiger partial charge < -0.3 is 27.9 Å². The maximum absolute atomic E-state index is 12.7. The normalized spacial score (nSPS) is 13.4. The van der Waals surface area contributed by atoms with E-state index in [1.807, 2.05) is 21.1 Å². The van der Waals surface area contributed by atoms with Crippen LogP contribution in [-0.4, -0.2) is 70.0 Å². The zero-order chi connectivity index (χ0) is 43.6. The molecule has 0 aliphatic rings. The molecule has 0 aliphatic heterocycles. The van der Waals surface area contributed by atoms with Gasteiger partial charge in [-0.25, -0.2) is 0 Å². The third-order valence-corrected chi connectivity index (χ3v) is 12.3. The summed E-state index contributed by atoms with van der Waals surface area (Å²) in [4.78, 5) is 37.7. The maximum atomic E-state index is 12.7. The number of unbranched alkanes of at least 4 members (excludes halogenated alkanes) is 33. The molecule has 0 aromatic heterocycles. The molecule has 0 saturated carbocycles. The van der Waals surface area contributed by atoms with Crippen LogP contribution in [0.4, 0.5) is 0 Å². The summed E-state index contributed by atoms with van der Waals surface area (Å²) in [6.45, 7) is 4.29. The van der Waals surface area contributed by atoms with Crippen LogP contribution in [0.2, 0.25) is 0 Å². The van der Waals surface area contributed by atoms with Crippen molar-refractivity contribution in [2.75, 3.05) is 47.5 Å². The average molecular weight is 860 g/mol. The van der Waals surface area contributed by atoms with Crippen LogP contribution < -0.4 is 4.89 Å². The monoisotopic (exact) mass is 860 g/mol. The lowest BCUT2D eigenvalue weighted by Gasteiger charge is -2.28. The van der Waals surface area contributed by atoms with Crippen molar-refractivity contribution in [2.45, 2.75) is 258 Å². The Labute approximate surface area is 365 Å². The SMILES string of the molecule is CCCCCCCCCCCCCCCCCCCCC(=O)O[C@H](COC(=O)CCCCCCCCCCCCCCCCCCC)COP(=O)([O-])OCC[N+](C)(C)C. The van der Waals surface area contributed by atoms with E-state index in [9.17, 15) is 19.0 Å². The van der Waals surface area contributed by atoms with Crippen molar-refractivity contribution >= 4 is 19.8 Å². The summed E-state index contributed by atoms with van der Waals surface area (Å²) in [5.41, 5.74) is 0. The van der Waals surface area contributed by atoms with Gasteiger partial charge in [0.25, 0.3) is 7.82 Å². The van der Waals surface area contributed by atoms with Gasteiger partial charge in [0, 0.05) is 12.8 Å². The van der Waals surface area contributed by atoms with E-state index in [1.165, 1.54) is 186 Å². The van der Waals surface area contributed by atoms with Crippen LogP contribution >= 0.6 is 7.82 Å². The van der Waals surface area contributed by atoms with Crippen LogP contribution in [0, 0.1) is 0 Å². The molecule has 2 atom stereocenters. The number of hydrogen-bond donors (Lipinski definition) is 0. The molecule has 0 amide bonds. The number of nitrogens with zero attached hydrogens (tertiary/aromatic N) is 1. The van der Waals surface area contributed by atoms with Crippen molar-refractivity contribution in [3.05, 3.63) is 0 Å². The van der Waals surface area contributed by atoms with Gasteiger partial charge in [0.1, 0.15) is 19.8 Å². The number of ether oxygens (including phenoxy) is 2. The van der Waals surface area contributed by atoms with Gasteiger partial charge in [-0.3, -0.25) is 14.2 Å². The van der Waals surface area contributed by atoms with Gasteiger partial charge in [-0.05, 0) is 12.8 Å². The van der Waals surface area contributed by atoms with Crippen LogP contribution in [0.15, 0.2) is 0 Å². The van der Waals surface area contributed by atoms with Crippen molar-refractivity contribution in [3.8, 4) is 0 Å². The second-order valence-corrected chi connectivity index (χ2v) is 20.0. The van der Waals surface area contributed by atoms with E-state index in [4.69, 9.17) is 18.5 Å². The number of carbonyl (C=O) groups is 2. The lowest BCUT2D eigenvalue weighted by Crippen LogP contribution is -2.37. The summed E-state index contributed by atoms with van der Waals surface area (Å²) in [5.74, 6) is -0.814. The number of phosphoric ester groups is 1. The molecule has 0 N–H and O–H groups in total. The lowest BCUT2D eigenvalue weighted by molar-refractivity contribution is -0.870. The Hall–Kier alpha value is -0.990. The molecule has 0 radical (unpaired) electrons. The highest BCUT2D eigenvalue weighted by Gasteiger charge is 2.21. The number of phosphoric acid groups is 1. The largest absolute Gasteiger partial charge is 0.756 e. The maximum Gasteiger partial charge on any atom is 0.306 e. The molecule has 0 rings (SSSR count). The van der Waals surface area contributed by atoms with E-state index in [0.717, 1.165) is 32.1 Å². The number of esters is 2. The fraction of sp³-hybridized carbons (Fsp3) is 0.959. The molecule has 0 aromatic rings. The zero-order valence-electron chi connectivity index (χ0n) is 39.7. The van der Waals surface area contributed by atoms with E-state index < -0.39 is 26.5 Å². The Morgan fingerprint density at radius 3 is 1.08 bits per heavy atom. The molecule has 0 aromatic carbocycles. The molecule has 1 unspecified atom stereocenters. The van der Waals surface area contributed by atoms with E-state index in [2.05, 4.69) is 13.8 Å². The third kappa shape index (κ3) is 46.3.